The minimum atomic E-state index is 0.315. The van der Waals surface area contributed by atoms with Gasteiger partial charge in [-0.2, -0.15) is 0 Å². The molecule has 0 aliphatic heterocycles. The molecule has 0 bridgehead atoms. The van der Waals surface area contributed by atoms with E-state index in [2.05, 4.69) is 18.1 Å². The Balaban J connectivity index is 2.34. The molecule has 0 aromatic carbocycles. The van der Waals surface area contributed by atoms with Gasteiger partial charge in [0.05, 0.1) is 0 Å². The quantitative estimate of drug-likeness (QED) is 0.653. The largest absolute Gasteiger partial charge is 0.364 e. The van der Waals surface area contributed by atoms with Crippen LogP contribution >= 0.6 is 0 Å². The van der Waals surface area contributed by atoms with E-state index in [-0.39, 0.29) is 0 Å². The van der Waals surface area contributed by atoms with Crippen molar-refractivity contribution in [1.29, 1.82) is 0 Å². The lowest BCUT2D eigenvalue weighted by Crippen LogP contribution is -2.31. The van der Waals surface area contributed by atoms with Crippen LogP contribution in [-0.4, -0.2) is 17.6 Å². The fourth-order valence-corrected chi connectivity index (χ4v) is 2.44. The second-order valence-electron chi connectivity index (χ2n) is 4.24. The predicted molar refractivity (Wildman–Crippen MR) is 58.3 cm³/mol. The summed E-state index contributed by atoms with van der Waals surface area (Å²) in [5.74, 6) is 0.478. The number of hydrogen-bond donors (Lipinski definition) is 3. The van der Waals surface area contributed by atoms with Gasteiger partial charge in [-0.05, 0) is 42.9 Å². The van der Waals surface area contributed by atoms with Gasteiger partial charge in [0.2, 0.25) is 0 Å². The lowest BCUT2D eigenvalue weighted by atomic mass is 9.82. The fourth-order valence-electron chi connectivity index (χ4n) is 2.44. The van der Waals surface area contributed by atoms with Crippen LogP contribution in [-0.2, 0) is 12.8 Å². The number of aryl methyl sites for hydroxylation is 1. The second kappa shape index (κ2) is 3.75. The highest BCUT2D eigenvalue weighted by atomic mass is 14.7. The molecule has 78 valence electrons. The summed E-state index contributed by atoms with van der Waals surface area (Å²) in [4.78, 5) is 3.35. The highest BCUT2D eigenvalue weighted by Gasteiger charge is 2.26. The zero-order valence-electron chi connectivity index (χ0n) is 8.72. The molecule has 2 rings (SSSR count). The summed E-state index contributed by atoms with van der Waals surface area (Å²) in [5.41, 5.74) is 15.8. The van der Waals surface area contributed by atoms with Crippen LogP contribution in [0.1, 0.15) is 36.1 Å². The molecule has 1 aliphatic carbocycles. The van der Waals surface area contributed by atoms with Crippen molar-refractivity contribution in [3.63, 3.8) is 0 Å². The highest BCUT2D eigenvalue weighted by Crippen LogP contribution is 2.32. The van der Waals surface area contributed by atoms with Gasteiger partial charge in [0.25, 0.3) is 0 Å². The van der Waals surface area contributed by atoms with E-state index in [0.717, 1.165) is 19.3 Å². The molecular weight excluding hydrogens is 174 g/mol. The van der Waals surface area contributed by atoms with Gasteiger partial charge in [0.1, 0.15) is 0 Å². The van der Waals surface area contributed by atoms with Crippen molar-refractivity contribution in [2.24, 2.45) is 11.5 Å². The smallest absolute Gasteiger partial charge is 0.0186 e. The molecule has 1 aliphatic rings. The minimum absolute atomic E-state index is 0.315. The second-order valence-corrected chi connectivity index (χ2v) is 4.24. The van der Waals surface area contributed by atoms with Crippen LogP contribution < -0.4 is 11.5 Å². The molecular formula is C11H19N3. The summed E-state index contributed by atoms with van der Waals surface area (Å²) in [7, 11) is 0. The van der Waals surface area contributed by atoms with Crippen molar-refractivity contribution in [3.05, 3.63) is 23.0 Å². The van der Waals surface area contributed by atoms with Crippen LogP contribution in [0.3, 0.4) is 0 Å². The summed E-state index contributed by atoms with van der Waals surface area (Å²) in [6, 6.07) is 0.315. The number of fused-ring (bicyclic) bond motifs is 1. The molecule has 0 spiro atoms. The number of nitrogens with two attached hydrogens (primary N) is 2. The maximum atomic E-state index is 6.07. The van der Waals surface area contributed by atoms with Crippen LogP contribution in [0.15, 0.2) is 6.20 Å². The van der Waals surface area contributed by atoms with Gasteiger partial charge in [0.15, 0.2) is 0 Å². The molecule has 5 N–H and O–H groups in total. The van der Waals surface area contributed by atoms with Crippen LogP contribution in [0.25, 0.3) is 0 Å². The van der Waals surface area contributed by atoms with Crippen molar-refractivity contribution in [2.45, 2.75) is 38.1 Å². The number of nitrogens with one attached hydrogen (secondary N) is 1. The first-order chi connectivity index (χ1) is 6.74. The summed E-state index contributed by atoms with van der Waals surface area (Å²) >= 11 is 0. The van der Waals surface area contributed by atoms with E-state index >= 15 is 0 Å². The summed E-state index contributed by atoms with van der Waals surface area (Å²) < 4.78 is 0. The molecule has 1 aromatic heterocycles. The van der Waals surface area contributed by atoms with Crippen molar-refractivity contribution in [1.82, 2.24) is 4.98 Å². The summed E-state index contributed by atoms with van der Waals surface area (Å²) in [5, 5.41) is 0. The van der Waals surface area contributed by atoms with Gasteiger partial charge >= 0.3 is 0 Å². The Morgan fingerprint density at radius 1 is 1.57 bits per heavy atom. The molecule has 0 amide bonds. The Morgan fingerprint density at radius 2 is 2.36 bits per heavy atom. The molecule has 0 fully saturated rings. The Morgan fingerprint density at radius 3 is 3.07 bits per heavy atom. The van der Waals surface area contributed by atoms with Gasteiger partial charge in [-0.3, -0.25) is 0 Å². The van der Waals surface area contributed by atoms with E-state index < -0.39 is 0 Å². The minimum Gasteiger partial charge on any atom is -0.364 e. The molecule has 1 heterocycles. The average Bonchev–Trinajstić information content (AvgIpc) is 2.57. The normalized spacial score (nSPS) is 26.2. The van der Waals surface area contributed by atoms with Crippen LogP contribution in [0, 0.1) is 0 Å². The van der Waals surface area contributed by atoms with Gasteiger partial charge in [-0.25, -0.2) is 0 Å². The third-order valence-electron chi connectivity index (χ3n) is 3.33. The van der Waals surface area contributed by atoms with Crippen LogP contribution in [0.2, 0.25) is 0 Å². The van der Waals surface area contributed by atoms with E-state index in [0.29, 0.717) is 18.5 Å². The zero-order valence-corrected chi connectivity index (χ0v) is 8.72. The van der Waals surface area contributed by atoms with Gasteiger partial charge in [0, 0.05) is 17.9 Å². The SMILES string of the molecule is CC1c2c(CCN)c[nH]c2CCC1N. The molecule has 3 nitrogen and oxygen atoms in total. The number of aromatic nitrogens is 1. The van der Waals surface area contributed by atoms with E-state index in [1.807, 2.05) is 0 Å². The molecule has 0 saturated carbocycles. The molecule has 3 heteroatoms. The van der Waals surface area contributed by atoms with E-state index in [1.54, 1.807) is 0 Å². The number of hydrogen-bond acceptors (Lipinski definition) is 2. The maximum absolute atomic E-state index is 6.07. The van der Waals surface area contributed by atoms with Crippen LogP contribution in [0.4, 0.5) is 0 Å². The van der Waals surface area contributed by atoms with Crippen molar-refractivity contribution >= 4 is 0 Å². The Hall–Kier alpha value is -0.800. The van der Waals surface area contributed by atoms with Gasteiger partial charge in [-0.15, -0.1) is 0 Å². The van der Waals surface area contributed by atoms with E-state index in [9.17, 15) is 0 Å². The average molecular weight is 193 g/mol. The maximum Gasteiger partial charge on any atom is 0.0186 e. The van der Waals surface area contributed by atoms with Crippen LogP contribution in [0.5, 0.6) is 0 Å². The molecule has 2 unspecified atom stereocenters. The first-order valence-electron chi connectivity index (χ1n) is 5.38. The number of H-pyrrole nitrogens is 1. The zero-order chi connectivity index (χ0) is 10.1. The standard InChI is InChI=1S/C11H19N3/c1-7-9(13)2-3-10-11(7)8(4-5-12)6-14-10/h6-7,9,14H,2-5,12-13H2,1H3. The lowest BCUT2D eigenvalue weighted by molar-refractivity contribution is 0.492. The predicted octanol–water partition coefficient (Wildman–Crippen LogP) is 0.893. The summed E-state index contributed by atoms with van der Waals surface area (Å²) in [6.07, 6.45) is 5.25. The van der Waals surface area contributed by atoms with Crippen molar-refractivity contribution < 1.29 is 0 Å². The first kappa shape index (κ1) is 9.74. The Kier molecular flexibility index (Phi) is 2.61. The molecule has 1 aromatic rings. The van der Waals surface area contributed by atoms with E-state index in [4.69, 9.17) is 11.5 Å². The topological polar surface area (TPSA) is 67.8 Å². The molecule has 14 heavy (non-hydrogen) atoms. The number of rotatable bonds is 2. The van der Waals surface area contributed by atoms with E-state index in [1.165, 1.54) is 16.8 Å². The Labute approximate surface area is 84.9 Å². The number of aromatic amines is 1. The summed E-state index contributed by atoms with van der Waals surface area (Å²) in [6.45, 7) is 2.93. The Bertz CT molecular complexity index is 316. The van der Waals surface area contributed by atoms with Gasteiger partial charge in [-0.1, -0.05) is 6.92 Å². The first-order valence-corrected chi connectivity index (χ1v) is 5.38. The molecule has 0 radical (unpaired) electrons. The van der Waals surface area contributed by atoms with Gasteiger partial charge < -0.3 is 16.5 Å². The van der Waals surface area contributed by atoms with Crippen molar-refractivity contribution in [3.8, 4) is 0 Å². The fraction of sp³-hybridized carbons (Fsp3) is 0.636. The third kappa shape index (κ3) is 1.47. The highest BCUT2D eigenvalue weighted by molar-refractivity contribution is 5.37. The third-order valence-corrected chi connectivity index (χ3v) is 3.33. The molecule has 2 atom stereocenters. The monoisotopic (exact) mass is 193 g/mol. The lowest BCUT2D eigenvalue weighted by Gasteiger charge is -2.27. The molecule has 0 saturated heterocycles. The van der Waals surface area contributed by atoms with Crippen molar-refractivity contribution in [2.75, 3.05) is 6.54 Å².